The summed E-state index contributed by atoms with van der Waals surface area (Å²) in [6.07, 6.45) is 4.41. The van der Waals surface area contributed by atoms with Gasteiger partial charge in [-0.1, -0.05) is 12.1 Å². The third kappa shape index (κ3) is 4.47. The predicted molar refractivity (Wildman–Crippen MR) is 111 cm³/mol. The number of amides is 1. The van der Waals surface area contributed by atoms with Crippen molar-refractivity contribution in [2.45, 2.75) is 39.0 Å². The molecule has 1 fully saturated rings. The van der Waals surface area contributed by atoms with Crippen molar-refractivity contribution in [3.63, 3.8) is 0 Å². The van der Waals surface area contributed by atoms with Crippen LogP contribution in [-0.4, -0.2) is 45.4 Å². The highest BCUT2D eigenvalue weighted by molar-refractivity contribution is 5.92. The van der Waals surface area contributed by atoms with Crippen LogP contribution in [0.3, 0.4) is 0 Å². The summed E-state index contributed by atoms with van der Waals surface area (Å²) in [7, 11) is 0. The van der Waals surface area contributed by atoms with Gasteiger partial charge in [-0.15, -0.1) is 15.3 Å². The Labute approximate surface area is 169 Å². The number of carbonyl (C=O) groups is 1. The first-order chi connectivity index (χ1) is 14.2. The molecular formula is C21H26N6O2. The molecule has 1 aromatic carbocycles. The van der Waals surface area contributed by atoms with Gasteiger partial charge in [0.15, 0.2) is 11.5 Å². The molecule has 0 saturated carbocycles. The number of nitrogens with zero attached hydrogens (tertiary/aromatic N) is 5. The van der Waals surface area contributed by atoms with E-state index in [9.17, 15) is 4.79 Å². The number of aromatic nitrogens is 4. The van der Waals surface area contributed by atoms with E-state index in [0.717, 1.165) is 18.9 Å². The van der Waals surface area contributed by atoms with Crippen LogP contribution in [-0.2, 0) is 11.2 Å². The Balaban J connectivity index is 1.43. The smallest absolute Gasteiger partial charge is 0.224 e. The van der Waals surface area contributed by atoms with E-state index >= 15 is 0 Å². The summed E-state index contributed by atoms with van der Waals surface area (Å²) in [5, 5.41) is 16.1. The van der Waals surface area contributed by atoms with E-state index in [1.807, 2.05) is 43.3 Å². The molecule has 8 heteroatoms. The van der Waals surface area contributed by atoms with Crippen molar-refractivity contribution in [2.75, 3.05) is 29.9 Å². The second-order valence-corrected chi connectivity index (χ2v) is 7.10. The number of carbonyl (C=O) groups excluding carboxylic acids is 1. The van der Waals surface area contributed by atoms with E-state index in [1.165, 1.54) is 19.3 Å². The number of rotatable bonds is 7. The highest BCUT2D eigenvalue weighted by Gasteiger charge is 2.15. The molecule has 2 aromatic heterocycles. The number of anilines is 2. The number of hydrogen-bond donors (Lipinski definition) is 1. The van der Waals surface area contributed by atoms with Crippen molar-refractivity contribution in [2.24, 2.45) is 0 Å². The van der Waals surface area contributed by atoms with E-state index in [1.54, 1.807) is 4.52 Å². The monoisotopic (exact) mass is 394 g/mol. The molecule has 152 valence electrons. The molecule has 1 aliphatic rings. The van der Waals surface area contributed by atoms with Crippen molar-refractivity contribution in [1.82, 2.24) is 19.8 Å². The quantitative estimate of drug-likeness (QED) is 0.663. The molecule has 1 aliphatic heterocycles. The third-order valence-corrected chi connectivity index (χ3v) is 5.03. The summed E-state index contributed by atoms with van der Waals surface area (Å²) >= 11 is 0. The van der Waals surface area contributed by atoms with Gasteiger partial charge in [-0.05, 0) is 50.5 Å². The van der Waals surface area contributed by atoms with Crippen LogP contribution < -0.4 is 15.0 Å². The van der Waals surface area contributed by atoms with Gasteiger partial charge >= 0.3 is 0 Å². The molecule has 8 nitrogen and oxygen atoms in total. The van der Waals surface area contributed by atoms with Crippen molar-refractivity contribution in [1.29, 1.82) is 0 Å². The minimum atomic E-state index is -0.0962. The van der Waals surface area contributed by atoms with Gasteiger partial charge in [0.25, 0.3) is 0 Å². The highest BCUT2D eigenvalue weighted by atomic mass is 16.5. The maximum atomic E-state index is 12.5. The molecule has 1 N–H and O–H groups in total. The Morgan fingerprint density at radius 2 is 1.93 bits per heavy atom. The fourth-order valence-electron chi connectivity index (χ4n) is 3.56. The minimum absolute atomic E-state index is 0.0962. The molecule has 0 radical (unpaired) electrons. The van der Waals surface area contributed by atoms with E-state index < -0.39 is 0 Å². The summed E-state index contributed by atoms with van der Waals surface area (Å²) in [6.45, 7) is 4.51. The number of hydrogen-bond acceptors (Lipinski definition) is 6. The van der Waals surface area contributed by atoms with Crippen molar-refractivity contribution in [3.05, 3.63) is 42.2 Å². The van der Waals surface area contributed by atoms with Crippen LogP contribution in [0, 0.1) is 0 Å². The van der Waals surface area contributed by atoms with E-state index in [2.05, 4.69) is 20.4 Å². The van der Waals surface area contributed by atoms with Gasteiger partial charge < -0.3 is 15.0 Å². The number of aryl methyl sites for hydroxylation is 1. The van der Waals surface area contributed by atoms with Gasteiger partial charge in [0.1, 0.15) is 11.6 Å². The highest BCUT2D eigenvalue weighted by Crippen LogP contribution is 2.24. The molecule has 3 aromatic rings. The third-order valence-electron chi connectivity index (χ3n) is 5.03. The maximum Gasteiger partial charge on any atom is 0.224 e. The minimum Gasteiger partial charge on any atom is -0.492 e. The fourth-order valence-corrected chi connectivity index (χ4v) is 3.56. The first-order valence-corrected chi connectivity index (χ1v) is 10.2. The van der Waals surface area contributed by atoms with Crippen molar-refractivity contribution >= 4 is 23.1 Å². The molecule has 1 amide bonds. The van der Waals surface area contributed by atoms with Crippen LogP contribution in [0.2, 0.25) is 0 Å². The lowest BCUT2D eigenvalue weighted by molar-refractivity contribution is -0.116. The van der Waals surface area contributed by atoms with E-state index in [-0.39, 0.29) is 12.3 Å². The molecule has 0 atom stereocenters. The lowest BCUT2D eigenvalue weighted by Gasteiger charge is -2.27. The number of fused-ring (bicyclic) bond motifs is 1. The SMILES string of the molecule is CCOc1ccccc1NC(=O)CCc1nnc2ccc(N3CCCCC3)nn12. The van der Waals surface area contributed by atoms with E-state index in [4.69, 9.17) is 9.84 Å². The lowest BCUT2D eigenvalue weighted by atomic mass is 10.1. The standard InChI is InChI=1S/C21H26N6O2/c1-2-29-17-9-5-4-8-16(17)22-21(28)13-12-19-24-23-18-10-11-20(25-27(18)19)26-14-6-3-7-15-26/h4-5,8-11H,2-3,6-7,12-15H2,1H3,(H,22,28). The molecule has 0 bridgehead atoms. The second kappa shape index (κ2) is 8.89. The molecule has 29 heavy (non-hydrogen) atoms. The average molecular weight is 394 g/mol. The first-order valence-electron chi connectivity index (χ1n) is 10.2. The zero-order chi connectivity index (χ0) is 20.1. The van der Waals surface area contributed by atoms with Gasteiger partial charge in [-0.2, -0.15) is 4.52 Å². The van der Waals surface area contributed by atoms with Gasteiger partial charge in [0.05, 0.1) is 12.3 Å². The number of ether oxygens (including phenoxy) is 1. The summed E-state index contributed by atoms with van der Waals surface area (Å²) in [4.78, 5) is 14.8. The van der Waals surface area contributed by atoms with Gasteiger partial charge in [-0.25, -0.2) is 0 Å². The zero-order valence-corrected chi connectivity index (χ0v) is 16.7. The first kappa shape index (κ1) is 19.2. The normalized spacial score (nSPS) is 14.2. The summed E-state index contributed by atoms with van der Waals surface area (Å²) in [6, 6.07) is 11.4. The Morgan fingerprint density at radius 1 is 1.10 bits per heavy atom. The number of nitrogens with one attached hydrogen (secondary N) is 1. The van der Waals surface area contributed by atoms with Crippen LogP contribution in [0.1, 0.15) is 38.4 Å². The van der Waals surface area contributed by atoms with Gasteiger partial charge in [0, 0.05) is 25.9 Å². The number of para-hydroxylation sites is 2. The van der Waals surface area contributed by atoms with Gasteiger partial charge in [0.2, 0.25) is 5.91 Å². The zero-order valence-electron chi connectivity index (χ0n) is 16.7. The number of benzene rings is 1. The maximum absolute atomic E-state index is 12.5. The lowest BCUT2D eigenvalue weighted by Crippen LogP contribution is -2.30. The number of piperidine rings is 1. The molecular weight excluding hydrogens is 368 g/mol. The van der Waals surface area contributed by atoms with Crippen LogP contribution in [0.25, 0.3) is 5.65 Å². The van der Waals surface area contributed by atoms with Crippen molar-refractivity contribution in [3.8, 4) is 5.75 Å². The second-order valence-electron chi connectivity index (χ2n) is 7.10. The summed E-state index contributed by atoms with van der Waals surface area (Å²) in [5.41, 5.74) is 1.37. The summed E-state index contributed by atoms with van der Waals surface area (Å²) in [5.74, 6) is 2.20. The van der Waals surface area contributed by atoms with Crippen LogP contribution in [0.4, 0.5) is 11.5 Å². The Bertz CT molecular complexity index is 980. The molecule has 0 unspecified atom stereocenters. The van der Waals surface area contributed by atoms with Crippen LogP contribution >= 0.6 is 0 Å². The van der Waals surface area contributed by atoms with Crippen molar-refractivity contribution < 1.29 is 9.53 Å². The fraction of sp³-hybridized carbons (Fsp3) is 0.429. The Morgan fingerprint density at radius 3 is 2.76 bits per heavy atom. The van der Waals surface area contributed by atoms with E-state index in [0.29, 0.717) is 35.9 Å². The summed E-state index contributed by atoms with van der Waals surface area (Å²) < 4.78 is 7.32. The van der Waals surface area contributed by atoms with Crippen LogP contribution in [0.5, 0.6) is 5.75 Å². The molecule has 1 saturated heterocycles. The van der Waals surface area contributed by atoms with Gasteiger partial charge in [-0.3, -0.25) is 4.79 Å². The molecule has 0 aliphatic carbocycles. The Kier molecular flexibility index (Phi) is 5.88. The largest absolute Gasteiger partial charge is 0.492 e. The topological polar surface area (TPSA) is 84.6 Å². The Hall–Kier alpha value is -3.16. The molecule has 3 heterocycles. The molecule has 4 rings (SSSR count). The van der Waals surface area contributed by atoms with Crippen LogP contribution in [0.15, 0.2) is 36.4 Å². The average Bonchev–Trinajstić information content (AvgIpc) is 3.17. The molecule has 0 spiro atoms. The predicted octanol–water partition coefficient (Wildman–Crippen LogP) is 3.08.